The van der Waals surface area contributed by atoms with Crippen LogP contribution in [-0.2, 0) is 9.53 Å². The predicted molar refractivity (Wildman–Crippen MR) is 67.4 cm³/mol. The van der Waals surface area contributed by atoms with Gasteiger partial charge in [0.05, 0.1) is 6.61 Å². The maximum absolute atomic E-state index is 13.2. The molecule has 0 radical (unpaired) electrons. The van der Waals surface area contributed by atoms with Crippen LogP contribution in [0, 0.1) is 5.82 Å². The third-order valence-electron chi connectivity index (χ3n) is 2.32. The van der Waals surface area contributed by atoms with Crippen LogP contribution in [-0.4, -0.2) is 43.5 Å². The molecule has 0 saturated carbocycles. The molecule has 0 fully saturated rings. The number of nitrogens with one attached hydrogen (secondary N) is 1. The minimum Gasteiger partial charge on any atom is -0.481 e. The third-order valence-corrected chi connectivity index (χ3v) is 2.32. The second-order valence-electron chi connectivity index (χ2n) is 4.43. The van der Waals surface area contributed by atoms with E-state index in [1.54, 1.807) is 6.07 Å². The normalized spacial score (nSPS) is 13.7. The van der Waals surface area contributed by atoms with Gasteiger partial charge in [0.25, 0.3) is 5.91 Å². The van der Waals surface area contributed by atoms with Gasteiger partial charge in [-0.3, -0.25) is 4.79 Å². The Bertz CT molecular complexity index is 423. The van der Waals surface area contributed by atoms with Crippen molar-refractivity contribution in [3.05, 3.63) is 30.1 Å². The highest BCUT2D eigenvalue weighted by Crippen LogP contribution is 2.14. The van der Waals surface area contributed by atoms with E-state index in [0.29, 0.717) is 0 Å². The molecule has 1 aromatic carbocycles. The Hall–Kier alpha value is -1.66. The number of rotatable bonds is 7. The Balaban J connectivity index is 2.35. The van der Waals surface area contributed by atoms with Crippen LogP contribution in [0.4, 0.5) is 4.39 Å². The average Bonchev–Trinajstić information content (AvgIpc) is 2.35. The molecule has 6 heteroatoms. The molecule has 106 valence electrons. The Morgan fingerprint density at radius 2 is 2.16 bits per heavy atom. The van der Waals surface area contributed by atoms with E-state index >= 15 is 0 Å². The van der Waals surface area contributed by atoms with Crippen LogP contribution in [0.5, 0.6) is 5.75 Å². The van der Waals surface area contributed by atoms with Crippen LogP contribution in [0.2, 0.25) is 0 Å². The van der Waals surface area contributed by atoms with Gasteiger partial charge in [-0.25, -0.2) is 4.39 Å². The first kappa shape index (κ1) is 15.4. The van der Waals surface area contributed by atoms with Gasteiger partial charge < -0.3 is 19.9 Å². The summed E-state index contributed by atoms with van der Waals surface area (Å²) in [5.74, 6) is -0.956. The largest absolute Gasteiger partial charge is 0.481 e. The summed E-state index contributed by atoms with van der Waals surface area (Å²) in [7, 11) is 1.46. The second kappa shape index (κ2) is 7.06. The lowest BCUT2D eigenvalue weighted by Crippen LogP contribution is -2.45. The molecule has 0 aromatic heterocycles. The first-order chi connectivity index (χ1) is 8.94. The molecule has 19 heavy (non-hydrogen) atoms. The van der Waals surface area contributed by atoms with Crippen LogP contribution in [0.25, 0.3) is 0 Å². The summed E-state index contributed by atoms with van der Waals surface area (Å²) in [5, 5.41) is 12.2. The maximum Gasteiger partial charge on any atom is 0.258 e. The Labute approximate surface area is 111 Å². The van der Waals surface area contributed by atoms with Gasteiger partial charge in [-0.05, 0) is 19.1 Å². The SMILES string of the molecule is COCC(C)(O)CNC(=O)COc1ccccc1F. The van der Waals surface area contributed by atoms with Gasteiger partial charge in [0.1, 0.15) is 5.60 Å². The molecule has 0 bridgehead atoms. The zero-order valence-corrected chi connectivity index (χ0v) is 11.0. The van der Waals surface area contributed by atoms with Crippen LogP contribution >= 0.6 is 0 Å². The number of benzene rings is 1. The Morgan fingerprint density at radius 1 is 1.47 bits per heavy atom. The number of amides is 1. The quantitative estimate of drug-likeness (QED) is 0.766. The van der Waals surface area contributed by atoms with Gasteiger partial charge in [0.15, 0.2) is 18.2 Å². The van der Waals surface area contributed by atoms with E-state index in [1.165, 1.54) is 32.2 Å². The summed E-state index contributed by atoms with van der Waals surface area (Å²) in [6, 6.07) is 5.82. The summed E-state index contributed by atoms with van der Waals surface area (Å²) < 4.78 is 23.0. The standard InChI is InChI=1S/C13H18FNO4/c1-13(17,9-18-2)8-15-12(16)7-19-11-6-4-3-5-10(11)14/h3-6,17H,7-9H2,1-2H3,(H,15,16). The number of aliphatic hydroxyl groups is 1. The lowest BCUT2D eigenvalue weighted by atomic mass is 10.1. The minimum absolute atomic E-state index is 0.0151. The molecule has 0 spiro atoms. The summed E-state index contributed by atoms with van der Waals surface area (Å²) in [5.41, 5.74) is -1.15. The number of ether oxygens (including phenoxy) is 2. The third kappa shape index (κ3) is 5.67. The molecule has 1 rings (SSSR count). The number of methoxy groups -OCH3 is 1. The number of hydrogen-bond acceptors (Lipinski definition) is 4. The number of para-hydroxylation sites is 1. The van der Waals surface area contributed by atoms with Crippen molar-refractivity contribution in [3.63, 3.8) is 0 Å². The first-order valence-electron chi connectivity index (χ1n) is 5.80. The van der Waals surface area contributed by atoms with Crippen LogP contribution in [0.3, 0.4) is 0 Å². The van der Waals surface area contributed by atoms with E-state index in [4.69, 9.17) is 9.47 Å². The Morgan fingerprint density at radius 3 is 2.79 bits per heavy atom. The van der Waals surface area contributed by atoms with Crippen LogP contribution in [0.1, 0.15) is 6.92 Å². The smallest absolute Gasteiger partial charge is 0.258 e. The minimum atomic E-state index is -1.15. The van der Waals surface area contributed by atoms with Gasteiger partial charge in [-0.1, -0.05) is 12.1 Å². The predicted octanol–water partition coefficient (Wildman–Crippen LogP) is 0.718. The zero-order valence-electron chi connectivity index (χ0n) is 11.0. The van der Waals surface area contributed by atoms with Gasteiger partial charge in [0, 0.05) is 13.7 Å². The van der Waals surface area contributed by atoms with Crippen molar-refractivity contribution in [1.29, 1.82) is 0 Å². The highest BCUT2D eigenvalue weighted by Gasteiger charge is 2.21. The average molecular weight is 271 g/mol. The highest BCUT2D eigenvalue weighted by atomic mass is 19.1. The van der Waals surface area contributed by atoms with E-state index in [9.17, 15) is 14.3 Å². The van der Waals surface area contributed by atoms with Crippen molar-refractivity contribution in [1.82, 2.24) is 5.32 Å². The maximum atomic E-state index is 13.2. The summed E-state index contributed by atoms with van der Waals surface area (Å²) in [6.45, 7) is 1.35. The molecule has 5 nitrogen and oxygen atoms in total. The fourth-order valence-electron chi connectivity index (χ4n) is 1.41. The molecule has 0 aliphatic rings. The molecular formula is C13H18FNO4. The van der Waals surface area contributed by atoms with Crippen molar-refractivity contribution in [2.24, 2.45) is 0 Å². The van der Waals surface area contributed by atoms with Gasteiger partial charge >= 0.3 is 0 Å². The van der Waals surface area contributed by atoms with E-state index in [1.807, 2.05) is 0 Å². The van der Waals surface area contributed by atoms with Crippen molar-refractivity contribution in [2.75, 3.05) is 26.9 Å². The summed E-state index contributed by atoms with van der Waals surface area (Å²) in [4.78, 5) is 11.5. The lowest BCUT2D eigenvalue weighted by Gasteiger charge is -2.22. The van der Waals surface area contributed by atoms with E-state index in [0.717, 1.165) is 0 Å². The summed E-state index contributed by atoms with van der Waals surface area (Å²) >= 11 is 0. The number of hydrogen-bond donors (Lipinski definition) is 2. The van der Waals surface area contributed by atoms with Crippen LogP contribution < -0.4 is 10.1 Å². The first-order valence-corrected chi connectivity index (χ1v) is 5.80. The monoisotopic (exact) mass is 271 g/mol. The van der Waals surface area contributed by atoms with Gasteiger partial charge in [0.2, 0.25) is 0 Å². The molecule has 1 atom stereocenters. The molecular weight excluding hydrogens is 253 g/mol. The molecule has 2 N–H and O–H groups in total. The van der Waals surface area contributed by atoms with Gasteiger partial charge in [-0.15, -0.1) is 0 Å². The fraction of sp³-hybridized carbons (Fsp3) is 0.462. The molecule has 1 amide bonds. The van der Waals surface area contributed by atoms with E-state index in [2.05, 4.69) is 5.32 Å². The van der Waals surface area contributed by atoms with Crippen molar-refractivity contribution >= 4 is 5.91 Å². The van der Waals surface area contributed by atoms with E-state index < -0.39 is 17.3 Å². The molecule has 1 aromatic rings. The second-order valence-corrected chi connectivity index (χ2v) is 4.43. The van der Waals surface area contributed by atoms with Crippen molar-refractivity contribution < 1.29 is 23.8 Å². The van der Waals surface area contributed by atoms with E-state index in [-0.39, 0.29) is 25.5 Å². The number of halogens is 1. The number of carbonyl (C=O) groups is 1. The fourth-order valence-corrected chi connectivity index (χ4v) is 1.41. The highest BCUT2D eigenvalue weighted by molar-refractivity contribution is 5.77. The molecule has 0 heterocycles. The van der Waals surface area contributed by atoms with Crippen LogP contribution in [0.15, 0.2) is 24.3 Å². The lowest BCUT2D eigenvalue weighted by molar-refractivity contribution is -0.124. The van der Waals surface area contributed by atoms with Crippen molar-refractivity contribution in [2.45, 2.75) is 12.5 Å². The summed E-state index contributed by atoms with van der Waals surface area (Å²) in [6.07, 6.45) is 0. The Kier molecular flexibility index (Phi) is 5.72. The molecule has 1 unspecified atom stereocenters. The topological polar surface area (TPSA) is 67.8 Å². The zero-order chi connectivity index (χ0) is 14.3. The molecule has 0 aliphatic heterocycles. The molecule has 0 saturated heterocycles. The number of carbonyl (C=O) groups excluding carboxylic acids is 1. The van der Waals surface area contributed by atoms with Gasteiger partial charge in [-0.2, -0.15) is 0 Å². The van der Waals surface area contributed by atoms with Crippen molar-refractivity contribution in [3.8, 4) is 5.75 Å². The molecule has 0 aliphatic carbocycles.